The van der Waals surface area contributed by atoms with E-state index in [2.05, 4.69) is 5.32 Å². The monoisotopic (exact) mass is 415 g/mol. The minimum absolute atomic E-state index is 0.348. The molecule has 1 spiro atoms. The maximum Gasteiger partial charge on any atom is 0.327 e. The summed E-state index contributed by atoms with van der Waals surface area (Å²) in [7, 11) is 1.61. The number of nitrogens with one attached hydrogen (secondary N) is 1. The van der Waals surface area contributed by atoms with Crippen molar-refractivity contribution in [1.82, 2.24) is 9.80 Å². The molecule has 4 amide bonds. The van der Waals surface area contributed by atoms with Gasteiger partial charge >= 0.3 is 12.0 Å². The maximum absolute atomic E-state index is 12.9. The fraction of sp³-hybridized carbons (Fsp3) is 0.545. The predicted octanol–water partition coefficient (Wildman–Crippen LogP) is 2.77. The Morgan fingerprint density at radius 1 is 1.17 bits per heavy atom. The van der Waals surface area contributed by atoms with Gasteiger partial charge in [-0.1, -0.05) is 31.4 Å². The lowest BCUT2D eigenvalue weighted by atomic mass is 9.81. The number of likely N-dealkylation sites (N-methyl/N-ethyl adjacent to an activating group) is 1. The van der Waals surface area contributed by atoms with Gasteiger partial charge in [0, 0.05) is 12.7 Å². The van der Waals surface area contributed by atoms with Gasteiger partial charge in [-0.3, -0.25) is 19.3 Å². The van der Waals surface area contributed by atoms with Gasteiger partial charge in [-0.15, -0.1) is 0 Å². The van der Waals surface area contributed by atoms with Crippen LogP contribution in [0.3, 0.4) is 0 Å². The lowest BCUT2D eigenvalue weighted by Gasteiger charge is -2.35. The van der Waals surface area contributed by atoms with Gasteiger partial charge in [0.25, 0.3) is 11.8 Å². The minimum Gasteiger partial charge on any atom is -0.451 e. The molecule has 2 fully saturated rings. The Kier molecular flexibility index (Phi) is 6.14. The molecule has 1 saturated carbocycles. The Bertz CT molecular complexity index is 876. The van der Waals surface area contributed by atoms with Gasteiger partial charge < -0.3 is 15.0 Å². The van der Waals surface area contributed by atoms with E-state index in [1.54, 1.807) is 7.05 Å². The summed E-state index contributed by atoms with van der Waals surface area (Å²) in [6.45, 7) is 4.75. The highest BCUT2D eigenvalue weighted by molar-refractivity contribution is 6.08. The summed E-state index contributed by atoms with van der Waals surface area (Å²) in [6.07, 6.45) is 2.93. The van der Waals surface area contributed by atoms with Crippen molar-refractivity contribution in [2.24, 2.45) is 0 Å². The number of benzene rings is 1. The molecule has 1 atom stereocenters. The Morgan fingerprint density at radius 2 is 1.83 bits per heavy atom. The lowest BCUT2D eigenvalue weighted by Crippen LogP contribution is -2.49. The molecule has 0 bridgehead atoms. The van der Waals surface area contributed by atoms with Crippen molar-refractivity contribution >= 4 is 29.5 Å². The number of nitrogens with zero attached hydrogens (tertiary/aromatic N) is 2. The molecule has 1 N–H and O–H groups in total. The zero-order chi connectivity index (χ0) is 22.1. The molecular formula is C22H29N3O5. The van der Waals surface area contributed by atoms with Crippen LogP contribution in [0.1, 0.15) is 50.2 Å². The highest BCUT2D eigenvalue weighted by Crippen LogP contribution is 2.39. The van der Waals surface area contributed by atoms with Crippen molar-refractivity contribution in [2.75, 3.05) is 18.9 Å². The first-order valence-electron chi connectivity index (χ1n) is 10.3. The summed E-state index contributed by atoms with van der Waals surface area (Å²) in [5.74, 6) is -1.61. The number of esters is 1. The van der Waals surface area contributed by atoms with E-state index < -0.39 is 36.1 Å². The van der Waals surface area contributed by atoms with E-state index in [-0.39, 0.29) is 5.91 Å². The number of hydrogen-bond acceptors (Lipinski definition) is 5. The first kappa shape index (κ1) is 21.8. The fourth-order valence-electron chi connectivity index (χ4n) is 4.19. The van der Waals surface area contributed by atoms with E-state index in [9.17, 15) is 19.2 Å². The third-order valence-electron chi connectivity index (χ3n) is 6.10. The normalized spacial score (nSPS) is 19.2. The molecular weight excluding hydrogens is 386 g/mol. The van der Waals surface area contributed by atoms with Crippen LogP contribution in [0, 0.1) is 13.8 Å². The van der Waals surface area contributed by atoms with E-state index in [0.29, 0.717) is 18.5 Å². The maximum atomic E-state index is 12.9. The van der Waals surface area contributed by atoms with Crippen molar-refractivity contribution in [2.45, 2.75) is 64.5 Å². The summed E-state index contributed by atoms with van der Waals surface area (Å²) in [6, 6.07) is 5.17. The van der Waals surface area contributed by atoms with Crippen LogP contribution in [-0.4, -0.2) is 58.8 Å². The number of aryl methyl sites for hydroxylation is 2. The number of imide groups is 1. The Balaban J connectivity index is 1.60. The SMILES string of the molecule is Cc1ccc(C)c(NC(=O)[C@@H](C)OC(=O)CN2C(=O)N(C)C3(CCCCC3)C2=O)c1. The average Bonchev–Trinajstić information content (AvgIpc) is 2.87. The van der Waals surface area contributed by atoms with Gasteiger partial charge in [0.2, 0.25) is 0 Å². The largest absolute Gasteiger partial charge is 0.451 e. The predicted molar refractivity (Wildman–Crippen MR) is 111 cm³/mol. The molecule has 8 heteroatoms. The molecule has 0 aromatic heterocycles. The highest BCUT2D eigenvalue weighted by Gasteiger charge is 2.56. The first-order chi connectivity index (χ1) is 14.2. The molecule has 1 aromatic rings. The first-order valence-corrected chi connectivity index (χ1v) is 10.3. The second kappa shape index (κ2) is 8.45. The van der Waals surface area contributed by atoms with Gasteiger partial charge in [-0.05, 0) is 50.8 Å². The zero-order valence-electron chi connectivity index (χ0n) is 18.0. The highest BCUT2D eigenvalue weighted by atomic mass is 16.5. The van der Waals surface area contributed by atoms with Crippen molar-refractivity contribution in [1.29, 1.82) is 0 Å². The van der Waals surface area contributed by atoms with E-state index in [0.717, 1.165) is 35.3 Å². The standard InChI is InChI=1S/C22H29N3O5/c1-14-8-9-15(2)17(12-14)23-19(27)16(3)30-18(26)13-25-20(28)22(24(4)21(25)29)10-6-5-7-11-22/h8-9,12,16H,5-7,10-11,13H2,1-4H3,(H,23,27)/t16-/m1/s1. The van der Waals surface area contributed by atoms with Crippen molar-refractivity contribution in [3.63, 3.8) is 0 Å². The van der Waals surface area contributed by atoms with Crippen LogP contribution in [0.4, 0.5) is 10.5 Å². The van der Waals surface area contributed by atoms with E-state index in [4.69, 9.17) is 4.74 Å². The van der Waals surface area contributed by atoms with E-state index in [1.807, 2.05) is 32.0 Å². The number of carbonyl (C=O) groups excluding carboxylic acids is 4. The van der Waals surface area contributed by atoms with Crippen molar-refractivity contribution in [3.8, 4) is 0 Å². The molecule has 1 heterocycles. The van der Waals surface area contributed by atoms with E-state index >= 15 is 0 Å². The molecule has 3 rings (SSSR count). The van der Waals surface area contributed by atoms with Crippen LogP contribution in [-0.2, 0) is 19.1 Å². The quantitative estimate of drug-likeness (QED) is 0.589. The molecule has 1 aliphatic heterocycles. The summed E-state index contributed by atoms with van der Waals surface area (Å²) >= 11 is 0. The molecule has 0 unspecified atom stereocenters. The van der Waals surface area contributed by atoms with Crippen molar-refractivity contribution < 1.29 is 23.9 Å². The number of hydrogen-bond donors (Lipinski definition) is 1. The molecule has 2 aliphatic rings. The van der Waals surface area contributed by atoms with Gasteiger partial charge in [-0.2, -0.15) is 0 Å². The van der Waals surface area contributed by atoms with Gasteiger partial charge in [0.1, 0.15) is 12.1 Å². The number of amides is 4. The number of rotatable bonds is 5. The fourth-order valence-corrected chi connectivity index (χ4v) is 4.19. The Morgan fingerprint density at radius 3 is 2.50 bits per heavy atom. The summed E-state index contributed by atoms with van der Waals surface area (Å²) in [4.78, 5) is 52.8. The van der Waals surface area contributed by atoms with Gasteiger partial charge in [0.15, 0.2) is 6.10 Å². The molecule has 162 valence electrons. The van der Waals surface area contributed by atoms with Crippen LogP contribution in [0.15, 0.2) is 18.2 Å². The summed E-state index contributed by atoms with van der Waals surface area (Å²) in [5, 5.41) is 2.75. The van der Waals surface area contributed by atoms with Crippen molar-refractivity contribution in [3.05, 3.63) is 29.3 Å². The number of anilines is 1. The Labute approximate surface area is 176 Å². The Hall–Kier alpha value is -2.90. The smallest absolute Gasteiger partial charge is 0.327 e. The topological polar surface area (TPSA) is 96.0 Å². The molecule has 30 heavy (non-hydrogen) atoms. The molecule has 1 aliphatic carbocycles. The third kappa shape index (κ3) is 4.04. The molecule has 1 saturated heterocycles. The van der Waals surface area contributed by atoms with Gasteiger partial charge in [-0.25, -0.2) is 4.79 Å². The molecule has 0 radical (unpaired) electrons. The number of carbonyl (C=O) groups is 4. The molecule has 1 aromatic carbocycles. The second-order valence-corrected chi connectivity index (χ2v) is 8.26. The van der Waals surface area contributed by atoms with Crippen LogP contribution in [0.5, 0.6) is 0 Å². The molecule has 8 nitrogen and oxygen atoms in total. The van der Waals surface area contributed by atoms with Crippen LogP contribution >= 0.6 is 0 Å². The summed E-state index contributed by atoms with van der Waals surface area (Å²) < 4.78 is 5.21. The van der Waals surface area contributed by atoms with Crippen LogP contribution < -0.4 is 5.32 Å². The third-order valence-corrected chi connectivity index (χ3v) is 6.10. The number of ether oxygens (including phenoxy) is 1. The zero-order valence-corrected chi connectivity index (χ0v) is 18.0. The van der Waals surface area contributed by atoms with Crippen LogP contribution in [0.25, 0.3) is 0 Å². The van der Waals surface area contributed by atoms with Crippen LogP contribution in [0.2, 0.25) is 0 Å². The van der Waals surface area contributed by atoms with E-state index in [1.165, 1.54) is 11.8 Å². The summed E-state index contributed by atoms with van der Waals surface area (Å²) in [5.41, 5.74) is 1.68. The average molecular weight is 415 g/mol. The minimum atomic E-state index is -1.06. The van der Waals surface area contributed by atoms with Gasteiger partial charge in [0.05, 0.1) is 0 Å². The lowest BCUT2D eigenvalue weighted by molar-refractivity contribution is -0.155. The number of urea groups is 1. The second-order valence-electron chi connectivity index (χ2n) is 8.26.